The Labute approximate surface area is 136 Å². The van der Waals surface area contributed by atoms with Crippen LogP contribution >= 0.6 is 0 Å². The van der Waals surface area contributed by atoms with Gasteiger partial charge in [0.05, 0.1) is 31.7 Å². The van der Waals surface area contributed by atoms with E-state index < -0.39 is 0 Å². The molecule has 1 amide bonds. The van der Waals surface area contributed by atoms with E-state index in [4.69, 9.17) is 9.47 Å². The standard InChI is InChI=1S/C16H24N4O3/c1-12-8-18-14(9-17-12)16(21)19-10-15(13-2-5-23-11-13)20-3-6-22-7-4-20/h8-9,13,15H,2-7,10-11H2,1H3,(H,19,21)/t13-,15+/m0/s1. The van der Waals surface area contributed by atoms with Crippen molar-refractivity contribution in [3.63, 3.8) is 0 Å². The van der Waals surface area contributed by atoms with E-state index in [1.165, 1.54) is 6.20 Å². The molecule has 7 nitrogen and oxygen atoms in total. The summed E-state index contributed by atoms with van der Waals surface area (Å²) >= 11 is 0. The van der Waals surface area contributed by atoms with Gasteiger partial charge >= 0.3 is 0 Å². The average Bonchev–Trinajstić information content (AvgIpc) is 3.11. The second kappa shape index (κ2) is 7.81. The molecule has 0 aromatic carbocycles. The van der Waals surface area contributed by atoms with E-state index >= 15 is 0 Å². The van der Waals surface area contributed by atoms with Crippen molar-refractivity contribution in [2.24, 2.45) is 5.92 Å². The molecule has 1 N–H and O–H groups in total. The van der Waals surface area contributed by atoms with Crippen molar-refractivity contribution in [3.05, 3.63) is 23.8 Å². The zero-order valence-electron chi connectivity index (χ0n) is 13.5. The number of aryl methyl sites for hydroxylation is 1. The van der Waals surface area contributed by atoms with Crippen LogP contribution in [0.15, 0.2) is 12.4 Å². The predicted octanol–water partition coefficient (Wildman–Crippen LogP) is 0.252. The highest BCUT2D eigenvalue weighted by atomic mass is 16.5. The van der Waals surface area contributed by atoms with E-state index in [9.17, 15) is 4.79 Å². The number of rotatable bonds is 5. The molecule has 0 aliphatic carbocycles. The summed E-state index contributed by atoms with van der Waals surface area (Å²) in [5, 5.41) is 3.01. The second-order valence-electron chi connectivity index (χ2n) is 6.09. The molecule has 0 spiro atoms. The summed E-state index contributed by atoms with van der Waals surface area (Å²) in [7, 11) is 0. The minimum absolute atomic E-state index is 0.172. The third-order valence-electron chi connectivity index (χ3n) is 4.51. The number of carbonyl (C=O) groups is 1. The highest BCUT2D eigenvalue weighted by molar-refractivity contribution is 5.91. The van der Waals surface area contributed by atoms with E-state index in [0.717, 1.165) is 51.6 Å². The van der Waals surface area contributed by atoms with Crippen LogP contribution in [0.4, 0.5) is 0 Å². The van der Waals surface area contributed by atoms with Gasteiger partial charge in [-0.1, -0.05) is 0 Å². The minimum atomic E-state index is -0.172. The maximum atomic E-state index is 12.3. The smallest absolute Gasteiger partial charge is 0.271 e. The van der Waals surface area contributed by atoms with Crippen LogP contribution in [0.5, 0.6) is 0 Å². The summed E-state index contributed by atoms with van der Waals surface area (Å²) < 4.78 is 11.0. The number of hydrogen-bond acceptors (Lipinski definition) is 6. The predicted molar refractivity (Wildman–Crippen MR) is 84.2 cm³/mol. The molecule has 2 aliphatic heterocycles. The lowest BCUT2D eigenvalue weighted by Gasteiger charge is -2.37. The van der Waals surface area contributed by atoms with Gasteiger partial charge in [-0.3, -0.25) is 14.7 Å². The third-order valence-corrected chi connectivity index (χ3v) is 4.51. The number of morpholine rings is 1. The van der Waals surface area contributed by atoms with Gasteiger partial charge in [-0.05, 0) is 13.3 Å². The molecule has 2 fully saturated rings. The van der Waals surface area contributed by atoms with Gasteiger partial charge in [-0.2, -0.15) is 0 Å². The van der Waals surface area contributed by atoms with Crippen LogP contribution in [0, 0.1) is 12.8 Å². The molecule has 1 aromatic rings. The van der Waals surface area contributed by atoms with Crippen molar-refractivity contribution in [1.82, 2.24) is 20.2 Å². The van der Waals surface area contributed by atoms with E-state index in [1.807, 2.05) is 6.92 Å². The molecular weight excluding hydrogens is 296 g/mol. The van der Waals surface area contributed by atoms with Crippen LogP contribution in [0.25, 0.3) is 0 Å². The Morgan fingerprint density at radius 3 is 2.78 bits per heavy atom. The first-order valence-electron chi connectivity index (χ1n) is 8.20. The van der Waals surface area contributed by atoms with Crippen molar-refractivity contribution in [2.75, 3.05) is 46.1 Å². The van der Waals surface area contributed by atoms with Gasteiger partial charge in [0.1, 0.15) is 5.69 Å². The van der Waals surface area contributed by atoms with Gasteiger partial charge in [0.25, 0.3) is 5.91 Å². The Bertz CT molecular complexity index is 511. The zero-order chi connectivity index (χ0) is 16.1. The molecule has 1 aromatic heterocycles. The van der Waals surface area contributed by atoms with E-state index in [1.54, 1.807) is 6.20 Å². The molecule has 2 aliphatic rings. The van der Waals surface area contributed by atoms with E-state index in [2.05, 4.69) is 20.2 Å². The van der Waals surface area contributed by atoms with Crippen LogP contribution in [-0.2, 0) is 9.47 Å². The van der Waals surface area contributed by atoms with E-state index in [-0.39, 0.29) is 11.9 Å². The molecule has 0 radical (unpaired) electrons. The summed E-state index contributed by atoms with van der Waals surface area (Å²) in [5.41, 5.74) is 1.16. The minimum Gasteiger partial charge on any atom is -0.381 e. The van der Waals surface area contributed by atoms with Crippen molar-refractivity contribution in [1.29, 1.82) is 0 Å². The Balaban J connectivity index is 1.61. The number of carbonyl (C=O) groups excluding carboxylic acids is 1. The number of hydrogen-bond donors (Lipinski definition) is 1. The van der Waals surface area contributed by atoms with Gasteiger partial charge in [-0.15, -0.1) is 0 Å². The number of nitrogens with one attached hydrogen (secondary N) is 1. The lowest BCUT2D eigenvalue weighted by Crippen LogP contribution is -2.52. The largest absolute Gasteiger partial charge is 0.381 e. The van der Waals surface area contributed by atoms with Crippen molar-refractivity contribution in [2.45, 2.75) is 19.4 Å². The van der Waals surface area contributed by atoms with Gasteiger partial charge in [0.2, 0.25) is 0 Å². The van der Waals surface area contributed by atoms with Crippen molar-refractivity contribution < 1.29 is 14.3 Å². The summed E-state index contributed by atoms with van der Waals surface area (Å²) in [5.74, 6) is 0.284. The molecule has 2 atom stereocenters. The van der Waals surface area contributed by atoms with Crippen LogP contribution in [0.1, 0.15) is 22.6 Å². The van der Waals surface area contributed by atoms with Gasteiger partial charge < -0.3 is 14.8 Å². The quantitative estimate of drug-likeness (QED) is 0.838. The summed E-state index contributed by atoms with van der Waals surface area (Å²) in [6, 6.07) is 0.281. The summed E-state index contributed by atoms with van der Waals surface area (Å²) in [6.07, 6.45) is 4.18. The second-order valence-corrected chi connectivity index (χ2v) is 6.09. The number of amides is 1. The maximum absolute atomic E-state index is 12.3. The topological polar surface area (TPSA) is 76.6 Å². The molecule has 3 rings (SSSR count). The van der Waals surface area contributed by atoms with Crippen LogP contribution in [-0.4, -0.2) is 72.9 Å². The average molecular weight is 320 g/mol. The van der Waals surface area contributed by atoms with Crippen LogP contribution < -0.4 is 5.32 Å². The first-order chi connectivity index (χ1) is 11.2. The highest BCUT2D eigenvalue weighted by Gasteiger charge is 2.31. The SMILES string of the molecule is Cc1cnc(C(=O)NC[C@H]([C@H]2CCOC2)N2CCOCC2)cn1. The zero-order valence-corrected chi connectivity index (χ0v) is 13.5. The fourth-order valence-corrected chi connectivity index (χ4v) is 3.16. The maximum Gasteiger partial charge on any atom is 0.271 e. The van der Waals surface area contributed by atoms with Crippen molar-refractivity contribution >= 4 is 5.91 Å². The molecular formula is C16H24N4O3. The summed E-state index contributed by atoms with van der Waals surface area (Å²) in [6.45, 7) is 7.34. The Hall–Kier alpha value is -1.57. The Kier molecular flexibility index (Phi) is 5.53. The normalized spacial score (nSPS) is 23.6. The fourth-order valence-electron chi connectivity index (χ4n) is 3.16. The Morgan fingerprint density at radius 2 is 2.13 bits per heavy atom. The number of aromatic nitrogens is 2. The molecule has 0 saturated carbocycles. The van der Waals surface area contributed by atoms with Crippen LogP contribution in [0.2, 0.25) is 0 Å². The molecule has 126 valence electrons. The first kappa shape index (κ1) is 16.3. The van der Waals surface area contributed by atoms with E-state index in [0.29, 0.717) is 18.2 Å². The fraction of sp³-hybridized carbons (Fsp3) is 0.688. The van der Waals surface area contributed by atoms with Gasteiger partial charge in [-0.25, -0.2) is 4.98 Å². The first-order valence-corrected chi connectivity index (χ1v) is 8.20. The number of nitrogens with zero attached hydrogens (tertiary/aromatic N) is 3. The number of ether oxygens (including phenoxy) is 2. The van der Waals surface area contributed by atoms with Crippen molar-refractivity contribution in [3.8, 4) is 0 Å². The summed E-state index contributed by atoms with van der Waals surface area (Å²) in [4.78, 5) is 22.9. The molecule has 3 heterocycles. The molecule has 0 bridgehead atoms. The lowest BCUT2D eigenvalue weighted by molar-refractivity contribution is 0.00165. The van der Waals surface area contributed by atoms with Gasteiger partial charge in [0, 0.05) is 44.4 Å². The third kappa shape index (κ3) is 4.25. The van der Waals surface area contributed by atoms with Crippen LogP contribution in [0.3, 0.4) is 0 Å². The highest BCUT2D eigenvalue weighted by Crippen LogP contribution is 2.21. The lowest BCUT2D eigenvalue weighted by atomic mass is 9.97. The molecule has 7 heteroatoms. The molecule has 23 heavy (non-hydrogen) atoms. The molecule has 2 saturated heterocycles. The monoisotopic (exact) mass is 320 g/mol. The van der Waals surface area contributed by atoms with Gasteiger partial charge in [0.15, 0.2) is 0 Å². The molecule has 0 unspecified atom stereocenters. The Morgan fingerprint density at radius 1 is 1.30 bits per heavy atom.